The van der Waals surface area contributed by atoms with Gasteiger partial charge in [0, 0.05) is 13.1 Å². The van der Waals surface area contributed by atoms with Crippen LogP contribution in [0.5, 0.6) is 0 Å². The van der Waals surface area contributed by atoms with Crippen molar-refractivity contribution in [2.24, 2.45) is 5.41 Å². The van der Waals surface area contributed by atoms with Crippen LogP contribution in [0.15, 0.2) is 0 Å². The first-order chi connectivity index (χ1) is 3.41. The summed E-state index contributed by atoms with van der Waals surface area (Å²) in [5.41, 5.74) is 6.97. The molecule has 0 amide bonds. The van der Waals surface area contributed by atoms with Gasteiger partial charge in [0.15, 0.2) is 0 Å². The molecule has 0 radical (unpaired) electrons. The maximum atomic E-state index is 3.12. The van der Waals surface area contributed by atoms with E-state index in [1.807, 2.05) is 0 Å². The molecular formula is C5H12Cl2N2. The summed E-state index contributed by atoms with van der Waals surface area (Å²) < 4.78 is 0. The van der Waals surface area contributed by atoms with Gasteiger partial charge in [0.05, 0.1) is 0 Å². The van der Waals surface area contributed by atoms with E-state index >= 15 is 0 Å². The van der Waals surface area contributed by atoms with Crippen molar-refractivity contribution < 1.29 is 0 Å². The summed E-state index contributed by atoms with van der Waals surface area (Å²) in [6, 6.07) is 0. The van der Waals surface area contributed by atoms with Gasteiger partial charge in [0.25, 0.3) is 0 Å². The van der Waals surface area contributed by atoms with Crippen molar-refractivity contribution in [3.05, 3.63) is 0 Å². The van der Waals surface area contributed by atoms with Crippen LogP contribution in [0.1, 0.15) is 12.8 Å². The van der Waals surface area contributed by atoms with Gasteiger partial charge in [-0.1, -0.05) is 0 Å². The lowest BCUT2D eigenvalue weighted by Gasteiger charge is -1.95. The van der Waals surface area contributed by atoms with E-state index in [0.717, 1.165) is 5.41 Å². The minimum absolute atomic E-state index is 0. The molecule has 0 aromatic carbocycles. The molecule has 0 aromatic rings. The Balaban J connectivity index is 0.000000320. The molecule has 9 heavy (non-hydrogen) atoms. The van der Waals surface area contributed by atoms with E-state index in [1.54, 1.807) is 0 Å². The number of nitrogens with one attached hydrogen (secondary N) is 2. The van der Waals surface area contributed by atoms with Crippen molar-refractivity contribution in [2.75, 3.05) is 13.1 Å². The highest BCUT2D eigenvalue weighted by Gasteiger charge is 2.44. The Morgan fingerprint density at radius 2 is 1.33 bits per heavy atom. The zero-order valence-electron chi connectivity index (χ0n) is 5.14. The van der Waals surface area contributed by atoms with E-state index in [0.29, 0.717) is 0 Å². The zero-order valence-corrected chi connectivity index (χ0v) is 6.78. The Labute approximate surface area is 67.6 Å². The van der Waals surface area contributed by atoms with Gasteiger partial charge in [-0.15, -0.1) is 24.8 Å². The smallest absolute Gasteiger partial charge is 0.0169 e. The second-order valence-electron chi connectivity index (χ2n) is 2.71. The number of hydrogen-bond donors (Lipinski definition) is 2. The van der Waals surface area contributed by atoms with Crippen LogP contribution in [-0.4, -0.2) is 13.1 Å². The van der Waals surface area contributed by atoms with Crippen molar-refractivity contribution in [3.63, 3.8) is 0 Å². The number of halogens is 2. The van der Waals surface area contributed by atoms with Crippen molar-refractivity contribution in [1.29, 1.82) is 0 Å². The zero-order chi connectivity index (χ0) is 4.74. The molecule has 2 aliphatic rings. The van der Waals surface area contributed by atoms with E-state index in [2.05, 4.69) is 10.9 Å². The maximum absolute atomic E-state index is 3.12. The Bertz CT molecular complexity index is 85.0. The molecule has 1 heterocycles. The van der Waals surface area contributed by atoms with Crippen molar-refractivity contribution in [1.82, 2.24) is 10.9 Å². The quantitative estimate of drug-likeness (QED) is 0.561. The molecule has 0 bridgehead atoms. The predicted molar refractivity (Wildman–Crippen MR) is 42.2 cm³/mol. The van der Waals surface area contributed by atoms with Crippen molar-refractivity contribution in [3.8, 4) is 0 Å². The fraction of sp³-hybridized carbons (Fsp3) is 1.00. The highest BCUT2D eigenvalue weighted by Crippen LogP contribution is 2.45. The average molecular weight is 171 g/mol. The van der Waals surface area contributed by atoms with Crippen LogP contribution in [0.3, 0.4) is 0 Å². The molecular weight excluding hydrogens is 159 g/mol. The minimum Gasteiger partial charge on any atom is -0.257 e. The molecule has 2 nitrogen and oxygen atoms in total. The third-order valence-corrected chi connectivity index (χ3v) is 2.01. The Kier molecular flexibility index (Phi) is 3.23. The van der Waals surface area contributed by atoms with Crippen LogP contribution in [0.25, 0.3) is 0 Å². The van der Waals surface area contributed by atoms with Crippen LogP contribution < -0.4 is 10.9 Å². The van der Waals surface area contributed by atoms with E-state index in [1.165, 1.54) is 25.9 Å². The van der Waals surface area contributed by atoms with E-state index in [9.17, 15) is 0 Å². The first-order valence-corrected chi connectivity index (χ1v) is 2.87. The van der Waals surface area contributed by atoms with Crippen LogP contribution in [0.2, 0.25) is 0 Å². The summed E-state index contributed by atoms with van der Waals surface area (Å²) in [4.78, 5) is 0. The Hall–Kier alpha value is 0.500. The molecule has 0 unspecified atom stereocenters. The van der Waals surface area contributed by atoms with Gasteiger partial charge >= 0.3 is 0 Å². The summed E-state index contributed by atoms with van der Waals surface area (Å²) in [6.07, 6.45) is 2.88. The summed E-state index contributed by atoms with van der Waals surface area (Å²) in [7, 11) is 0. The second kappa shape index (κ2) is 3.06. The fourth-order valence-electron chi connectivity index (χ4n) is 1.09. The average Bonchev–Trinajstić information content (AvgIpc) is 2.15. The molecule has 1 aliphatic heterocycles. The molecule has 2 rings (SSSR count). The van der Waals surface area contributed by atoms with Gasteiger partial charge in [-0.25, -0.2) is 0 Å². The second-order valence-corrected chi connectivity index (χ2v) is 2.71. The molecule has 2 N–H and O–H groups in total. The van der Waals surface area contributed by atoms with Gasteiger partial charge in [0.1, 0.15) is 0 Å². The summed E-state index contributed by atoms with van der Waals surface area (Å²) in [5, 5.41) is 0. The summed E-state index contributed by atoms with van der Waals surface area (Å²) >= 11 is 0. The van der Waals surface area contributed by atoms with Gasteiger partial charge in [-0.05, 0) is 18.3 Å². The molecule has 4 heteroatoms. The molecule has 0 atom stereocenters. The number of hydrazine groups is 1. The third kappa shape index (κ3) is 1.71. The number of hydrogen-bond acceptors (Lipinski definition) is 2. The Morgan fingerprint density at radius 1 is 0.889 bits per heavy atom. The van der Waals surface area contributed by atoms with Crippen LogP contribution in [-0.2, 0) is 0 Å². The Morgan fingerprint density at radius 3 is 1.56 bits per heavy atom. The van der Waals surface area contributed by atoms with Gasteiger partial charge in [-0.2, -0.15) is 0 Å². The lowest BCUT2D eigenvalue weighted by Crippen LogP contribution is -2.21. The highest BCUT2D eigenvalue weighted by molar-refractivity contribution is 5.85. The molecule has 0 aromatic heterocycles. The highest BCUT2D eigenvalue weighted by atomic mass is 35.5. The monoisotopic (exact) mass is 170 g/mol. The lowest BCUT2D eigenvalue weighted by molar-refractivity contribution is 0.606. The standard InChI is InChI=1S/C5H10N2.2ClH/c1-2-5(1)3-6-7-4-5;;/h6-7H,1-4H2;2*1H. The molecule has 56 valence electrons. The van der Waals surface area contributed by atoms with E-state index in [-0.39, 0.29) is 24.8 Å². The topological polar surface area (TPSA) is 24.1 Å². The molecule has 1 aliphatic carbocycles. The van der Waals surface area contributed by atoms with Crippen LogP contribution >= 0.6 is 24.8 Å². The maximum Gasteiger partial charge on any atom is 0.0169 e. The molecule has 1 saturated carbocycles. The SMILES string of the molecule is C1CC12CNNC2.Cl.Cl. The predicted octanol–water partition coefficient (Wildman–Crippen LogP) is 0.718. The van der Waals surface area contributed by atoms with E-state index in [4.69, 9.17) is 0 Å². The number of rotatable bonds is 0. The lowest BCUT2D eigenvalue weighted by atomic mass is 10.1. The summed E-state index contributed by atoms with van der Waals surface area (Å²) in [5.74, 6) is 0. The van der Waals surface area contributed by atoms with Crippen molar-refractivity contribution >= 4 is 24.8 Å². The van der Waals surface area contributed by atoms with Crippen molar-refractivity contribution in [2.45, 2.75) is 12.8 Å². The third-order valence-electron chi connectivity index (χ3n) is 2.01. The van der Waals surface area contributed by atoms with E-state index < -0.39 is 0 Å². The van der Waals surface area contributed by atoms with Gasteiger partial charge in [0.2, 0.25) is 0 Å². The first kappa shape index (κ1) is 9.50. The van der Waals surface area contributed by atoms with Gasteiger partial charge in [-0.3, -0.25) is 10.9 Å². The largest absolute Gasteiger partial charge is 0.257 e. The first-order valence-electron chi connectivity index (χ1n) is 2.87. The van der Waals surface area contributed by atoms with Crippen LogP contribution in [0, 0.1) is 5.41 Å². The molecule has 1 spiro atoms. The summed E-state index contributed by atoms with van der Waals surface area (Å²) in [6.45, 7) is 2.40. The molecule has 2 fully saturated rings. The fourth-order valence-corrected chi connectivity index (χ4v) is 1.09. The normalized spacial score (nSPS) is 26.7. The molecule has 1 saturated heterocycles. The minimum atomic E-state index is 0. The van der Waals surface area contributed by atoms with Gasteiger partial charge < -0.3 is 0 Å². The van der Waals surface area contributed by atoms with Crippen LogP contribution in [0.4, 0.5) is 0 Å².